The van der Waals surface area contributed by atoms with Gasteiger partial charge in [0, 0.05) is 23.6 Å². The van der Waals surface area contributed by atoms with Crippen LogP contribution in [0.4, 0.5) is 0 Å². The number of piperidine rings is 1. The lowest BCUT2D eigenvalue weighted by Gasteiger charge is -2.32. The Morgan fingerprint density at radius 3 is 2.68 bits per heavy atom. The zero-order valence-electron chi connectivity index (χ0n) is 11.0. The van der Waals surface area contributed by atoms with Gasteiger partial charge in [-0.15, -0.1) is 0 Å². The molecule has 0 amide bonds. The van der Waals surface area contributed by atoms with E-state index >= 15 is 0 Å². The van der Waals surface area contributed by atoms with Crippen molar-refractivity contribution in [1.29, 1.82) is 0 Å². The molecule has 0 radical (unpaired) electrons. The van der Waals surface area contributed by atoms with Crippen LogP contribution in [-0.2, 0) is 16.6 Å². The van der Waals surface area contributed by atoms with Crippen LogP contribution in [0, 0.1) is 0 Å². The van der Waals surface area contributed by atoms with Crippen LogP contribution in [0.15, 0.2) is 28.7 Å². The maximum atomic E-state index is 11.3. The Balaban J connectivity index is 1.92. The van der Waals surface area contributed by atoms with E-state index in [1.807, 2.05) is 12.1 Å². The van der Waals surface area contributed by atoms with Gasteiger partial charge < -0.3 is 0 Å². The number of likely N-dealkylation sites (tertiary alicyclic amines) is 1. The van der Waals surface area contributed by atoms with E-state index in [0.29, 0.717) is 0 Å². The molecule has 1 unspecified atom stereocenters. The highest BCUT2D eigenvalue weighted by molar-refractivity contribution is 9.10. The molecule has 1 saturated heterocycles. The molecule has 6 heteroatoms. The summed E-state index contributed by atoms with van der Waals surface area (Å²) in [6.07, 6.45) is 3.17. The third-order valence-electron chi connectivity index (χ3n) is 3.21. The molecular formula is C13H19BrN2O2S. The Kier molecular flexibility index (Phi) is 5.00. The third-order valence-corrected chi connectivity index (χ3v) is 4.50. The van der Waals surface area contributed by atoms with Gasteiger partial charge in [0.15, 0.2) is 0 Å². The first-order chi connectivity index (χ1) is 8.92. The van der Waals surface area contributed by atoms with Crippen LogP contribution in [0.2, 0.25) is 0 Å². The fourth-order valence-corrected chi connectivity index (χ4v) is 3.51. The Morgan fingerprint density at radius 2 is 2.05 bits per heavy atom. The Morgan fingerprint density at radius 1 is 1.37 bits per heavy atom. The quantitative estimate of drug-likeness (QED) is 0.906. The molecule has 1 aliphatic rings. The molecule has 1 fully saturated rings. The summed E-state index contributed by atoms with van der Waals surface area (Å²) in [6.45, 7) is 2.68. The van der Waals surface area contributed by atoms with Crippen molar-refractivity contribution in [1.82, 2.24) is 9.62 Å². The van der Waals surface area contributed by atoms with Gasteiger partial charge in [0.25, 0.3) is 0 Å². The van der Waals surface area contributed by atoms with Crippen molar-refractivity contribution in [2.45, 2.75) is 25.4 Å². The first-order valence-corrected chi connectivity index (χ1v) is 9.05. The van der Waals surface area contributed by atoms with Crippen molar-refractivity contribution in [2.24, 2.45) is 0 Å². The number of nitrogens with zero attached hydrogens (tertiary/aromatic N) is 1. The summed E-state index contributed by atoms with van der Waals surface area (Å²) in [5, 5.41) is 0. The van der Waals surface area contributed by atoms with Crippen LogP contribution >= 0.6 is 15.9 Å². The maximum Gasteiger partial charge on any atom is 0.208 e. The molecule has 2 rings (SSSR count). The molecule has 1 atom stereocenters. The molecule has 0 aromatic heterocycles. The van der Waals surface area contributed by atoms with E-state index in [1.54, 1.807) is 0 Å². The molecule has 1 heterocycles. The van der Waals surface area contributed by atoms with E-state index < -0.39 is 10.0 Å². The maximum absolute atomic E-state index is 11.3. The van der Waals surface area contributed by atoms with Crippen molar-refractivity contribution < 1.29 is 8.42 Å². The topological polar surface area (TPSA) is 49.4 Å². The van der Waals surface area contributed by atoms with Crippen molar-refractivity contribution in [3.63, 3.8) is 0 Å². The zero-order valence-corrected chi connectivity index (χ0v) is 13.4. The molecule has 4 nitrogen and oxygen atoms in total. The Bertz CT molecular complexity index is 516. The number of hydrogen-bond donors (Lipinski definition) is 1. The molecule has 0 aliphatic carbocycles. The van der Waals surface area contributed by atoms with Crippen molar-refractivity contribution in [3.8, 4) is 0 Å². The third kappa shape index (κ3) is 5.22. The largest absolute Gasteiger partial charge is 0.298 e. The van der Waals surface area contributed by atoms with E-state index in [0.717, 1.165) is 36.9 Å². The fraction of sp³-hybridized carbons (Fsp3) is 0.538. The number of benzene rings is 1. The number of hydrogen-bond acceptors (Lipinski definition) is 3. The molecule has 1 aromatic carbocycles. The number of rotatable bonds is 4. The summed E-state index contributed by atoms with van der Waals surface area (Å²) in [6, 6.07) is 8.30. The van der Waals surface area contributed by atoms with Crippen molar-refractivity contribution in [2.75, 3.05) is 19.3 Å². The molecule has 0 bridgehead atoms. The Hall–Kier alpha value is -0.430. The highest BCUT2D eigenvalue weighted by Crippen LogP contribution is 2.16. The normalized spacial score (nSPS) is 21.5. The lowest BCUT2D eigenvalue weighted by atomic mass is 10.1. The standard InChI is InChI=1S/C13H19BrN2O2S/c1-19(17,18)15-13-3-2-8-16(10-13)9-11-4-6-12(14)7-5-11/h4-7,13,15H,2-3,8-10H2,1H3. The average molecular weight is 347 g/mol. The van der Waals surface area contributed by atoms with Crippen LogP contribution in [0.3, 0.4) is 0 Å². The van der Waals surface area contributed by atoms with Crippen LogP contribution in [0.25, 0.3) is 0 Å². The first-order valence-electron chi connectivity index (χ1n) is 6.36. The lowest BCUT2D eigenvalue weighted by molar-refractivity contribution is 0.194. The fourth-order valence-electron chi connectivity index (χ4n) is 2.45. The second-order valence-corrected chi connectivity index (χ2v) is 7.79. The number of halogens is 1. The summed E-state index contributed by atoms with van der Waals surface area (Å²) in [4.78, 5) is 2.30. The number of nitrogens with one attached hydrogen (secondary N) is 1. The second kappa shape index (κ2) is 6.35. The van der Waals surface area contributed by atoms with Gasteiger partial charge in [0.05, 0.1) is 6.26 Å². The highest BCUT2D eigenvalue weighted by Gasteiger charge is 2.22. The zero-order chi connectivity index (χ0) is 13.9. The second-order valence-electron chi connectivity index (χ2n) is 5.09. The van der Waals surface area contributed by atoms with Crippen LogP contribution in [-0.4, -0.2) is 38.7 Å². The van der Waals surface area contributed by atoms with Gasteiger partial charge >= 0.3 is 0 Å². The van der Waals surface area contributed by atoms with Crippen molar-refractivity contribution >= 4 is 26.0 Å². The summed E-state index contributed by atoms with van der Waals surface area (Å²) in [5.41, 5.74) is 1.25. The first kappa shape index (κ1) is 15.0. The van der Waals surface area contributed by atoms with E-state index in [1.165, 1.54) is 11.8 Å². The molecule has 19 heavy (non-hydrogen) atoms. The molecule has 1 aliphatic heterocycles. The summed E-state index contributed by atoms with van der Waals surface area (Å²) in [7, 11) is -3.11. The van der Waals surface area contributed by atoms with Gasteiger partial charge in [-0.1, -0.05) is 28.1 Å². The van der Waals surface area contributed by atoms with Gasteiger partial charge in [-0.25, -0.2) is 13.1 Å². The molecule has 106 valence electrons. The molecule has 0 saturated carbocycles. The van der Waals surface area contributed by atoms with Crippen LogP contribution in [0.1, 0.15) is 18.4 Å². The minimum absolute atomic E-state index is 0.0409. The molecule has 0 spiro atoms. The molecule has 1 aromatic rings. The minimum Gasteiger partial charge on any atom is -0.298 e. The van der Waals surface area contributed by atoms with Crippen molar-refractivity contribution in [3.05, 3.63) is 34.3 Å². The highest BCUT2D eigenvalue weighted by atomic mass is 79.9. The SMILES string of the molecule is CS(=O)(=O)NC1CCCN(Cc2ccc(Br)cc2)C1. The van der Waals surface area contributed by atoms with E-state index in [2.05, 4.69) is 37.7 Å². The van der Waals surface area contributed by atoms with Gasteiger partial charge in [-0.3, -0.25) is 4.90 Å². The van der Waals surface area contributed by atoms with E-state index in [4.69, 9.17) is 0 Å². The average Bonchev–Trinajstić information content (AvgIpc) is 2.30. The van der Waals surface area contributed by atoms with Gasteiger partial charge in [0.2, 0.25) is 10.0 Å². The smallest absolute Gasteiger partial charge is 0.208 e. The van der Waals surface area contributed by atoms with Crippen LogP contribution in [0.5, 0.6) is 0 Å². The van der Waals surface area contributed by atoms with Gasteiger partial charge in [-0.05, 0) is 37.1 Å². The summed E-state index contributed by atoms with van der Waals surface area (Å²) < 4.78 is 26.3. The lowest BCUT2D eigenvalue weighted by Crippen LogP contribution is -2.46. The molecule has 1 N–H and O–H groups in total. The minimum atomic E-state index is -3.11. The predicted octanol–water partition coefficient (Wildman–Crippen LogP) is 1.96. The van der Waals surface area contributed by atoms with E-state index in [-0.39, 0.29) is 6.04 Å². The van der Waals surface area contributed by atoms with E-state index in [9.17, 15) is 8.42 Å². The predicted molar refractivity (Wildman–Crippen MR) is 80.4 cm³/mol. The van der Waals surface area contributed by atoms with Gasteiger partial charge in [0.1, 0.15) is 0 Å². The Labute approximate surface area is 123 Å². The van der Waals surface area contributed by atoms with Crippen LogP contribution < -0.4 is 4.72 Å². The summed E-state index contributed by atoms with van der Waals surface area (Å²) >= 11 is 3.42. The monoisotopic (exact) mass is 346 g/mol. The van der Waals surface area contributed by atoms with Gasteiger partial charge in [-0.2, -0.15) is 0 Å². The number of sulfonamides is 1. The molecular weight excluding hydrogens is 328 g/mol. The summed E-state index contributed by atoms with van der Waals surface area (Å²) in [5.74, 6) is 0.